The second-order valence-corrected chi connectivity index (χ2v) is 6.40. The summed E-state index contributed by atoms with van der Waals surface area (Å²) in [4.78, 5) is 0. The maximum atomic E-state index is 12.2. The van der Waals surface area contributed by atoms with Crippen molar-refractivity contribution in [2.45, 2.75) is 58.5 Å². The molecule has 0 fully saturated rings. The molecule has 0 saturated heterocycles. The van der Waals surface area contributed by atoms with E-state index in [1.165, 1.54) is 38.5 Å². The van der Waals surface area contributed by atoms with Gasteiger partial charge in [0.25, 0.3) is 0 Å². The number of benzene rings is 2. The summed E-state index contributed by atoms with van der Waals surface area (Å²) < 4.78 is 34.5. The molecule has 0 amide bonds. The molecule has 0 N–H and O–H groups in total. The van der Waals surface area contributed by atoms with Crippen molar-refractivity contribution in [2.24, 2.45) is 0 Å². The van der Waals surface area contributed by atoms with Crippen LogP contribution in [0.5, 0.6) is 11.5 Å². The highest BCUT2D eigenvalue weighted by Crippen LogP contribution is 2.25. The molecular weight excluding hydrogens is 334 g/mol. The summed E-state index contributed by atoms with van der Waals surface area (Å²) in [6.07, 6.45) is 8.87. The molecule has 26 heavy (non-hydrogen) atoms. The Labute approximate surface area is 155 Å². The molecule has 142 valence electrons. The quantitative estimate of drug-likeness (QED) is 0.375. The van der Waals surface area contributed by atoms with Crippen LogP contribution >= 0.6 is 0 Å². The van der Waals surface area contributed by atoms with Gasteiger partial charge in [0, 0.05) is 0 Å². The molecule has 0 aliphatic rings. The average Bonchev–Trinajstić information content (AvgIpc) is 2.65. The lowest BCUT2D eigenvalue weighted by Gasteiger charge is -2.08. The van der Waals surface area contributed by atoms with E-state index in [4.69, 9.17) is 4.74 Å². The Morgan fingerprint density at radius 2 is 1.19 bits per heavy atom. The Balaban J connectivity index is 1.72. The smallest absolute Gasteiger partial charge is 0.387 e. The van der Waals surface area contributed by atoms with Gasteiger partial charge in [-0.3, -0.25) is 0 Å². The predicted octanol–water partition coefficient (Wildman–Crippen LogP) is 7.08. The third-order valence-corrected chi connectivity index (χ3v) is 4.28. The number of hydrogen-bond donors (Lipinski definition) is 0. The molecule has 2 aromatic rings. The second-order valence-electron chi connectivity index (χ2n) is 6.40. The molecule has 0 saturated carbocycles. The fourth-order valence-corrected chi connectivity index (χ4v) is 2.82. The van der Waals surface area contributed by atoms with Gasteiger partial charge in [0.2, 0.25) is 0 Å². The van der Waals surface area contributed by atoms with Crippen LogP contribution in [0.15, 0.2) is 48.5 Å². The standard InChI is InChI=1S/C22H28F2O2/c1-2-3-4-5-6-7-8-17-25-20-13-9-18(10-14-20)19-11-15-21(16-12-19)26-22(23)24/h9-16,22H,2-8,17H2,1H3. The predicted molar refractivity (Wildman–Crippen MR) is 102 cm³/mol. The van der Waals surface area contributed by atoms with Crippen LogP contribution in [0.2, 0.25) is 0 Å². The Kier molecular flexibility index (Phi) is 8.94. The van der Waals surface area contributed by atoms with Crippen molar-refractivity contribution in [1.82, 2.24) is 0 Å². The lowest BCUT2D eigenvalue weighted by molar-refractivity contribution is -0.0498. The summed E-state index contributed by atoms with van der Waals surface area (Å²) in [5, 5.41) is 0. The minimum atomic E-state index is -2.80. The molecule has 0 heterocycles. The number of ether oxygens (including phenoxy) is 2. The molecule has 0 unspecified atom stereocenters. The van der Waals surface area contributed by atoms with E-state index < -0.39 is 6.61 Å². The van der Waals surface area contributed by atoms with Crippen molar-refractivity contribution in [3.05, 3.63) is 48.5 Å². The van der Waals surface area contributed by atoms with E-state index in [1.807, 2.05) is 24.3 Å². The number of hydrogen-bond acceptors (Lipinski definition) is 2. The van der Waals surface area contributed by atoms with E-state index in [0.717, 1.165) is 29.9 Å². The third-order valence-electron chi connectivity index (χ3n) is 4.28. The van der Waals surface area contributed by atoms with Gasteiger partial charge in [-0.1, -0.05) is 69.7 Å². The molecule has 4 heteroatoms. The first kappa shape index (κ1) is 20.2. The molecule has 2 rings (SSSR count). The molecule has 0 atom stereocenters. The zero-order valence-electron chi connectivity index (χ0n) is 15.4. The zero-order valence-corrected chi connectivity index (χ0v) is 15.4. The van der Waals surface area contributed by atoms with E-state index in [-0.39, 0.29) is 5.75 Å². The third kappa shape index (κ3) is 7.42. The summed E-state index contributed by atoms with van der Waals surface area (Å²) in [7, 11) is 0. The first-order chi connectivity index (χ1) is 12.7. The van der Waals surface area contributed by atoms with Crippen LogP contribution in [0.3, 0.4) is 0 Å². The molecule has 0 spiro atoms. The van der Waals surface area contributed by atoms with Crippen LogP contribution in [0.4, 0.5) is 8.78 Å². The minimum absolute atomic E-state index is 0.165. The van der Waals surface area contributed by atoms with Crippen molar-refractivity contribution in [1.29, 1.82) is 0 Å². The topological polar surface area (TPSA) is 18.5 Å². The Morgan fingerprint density at radius 1 is 0.692 bits per heavy atom. The number of halogens is 2. The van der Waals surface area contributed by atoms with Crippen LogP contribution in [0.1, 0.15) is 51.9 Å². The van der Waals surface area contributed by atoms with Gasteiger partial charge in [0.05, 0.1) is 6.61 Å². The van der Waals surface area contributed by atoms with Crippen LogP contribution in [0, 0.1) is 0 Å². The van der Waals surface area contributed by atoms with Gasteiger partial charge in [-0.15, -0.1) is 0 Å². The Morgan fingerprint density at radius 3 is 1.73 bits per heavy atom. The summed E-state index contributed by atoms with van der Waals surface area (Å²) in [6, 6.07) is 14.5. The summed E-state index contributed by atoms with van der Waals surface area (Å²) in [6.45, 7) is 0.177. The van der Waals surface area contributed by atoms with Gasteiger partial charge in [0.15, 0.2) is 0 Å². The number of rotatable bonds is 12. The van der Waals surface area contributed by atoms with E-state index >= 15 is 0 Å². The zero-order chi connectivity index (χ0) is 18.6. The molecular formula is C22H28F2O2. The average molecular weight is 362 g/mol. The fraction of sp³-hybridized carbons (Fsp3) is 0.455. The molecule has 2 aromatic carbocycles. The van der Waals surface area contributed by atoms with E-state index in [1.54, 1.807) is 24.3 Å². The van der Waals surface area contributed by atoms with Crippen molar-refractivity contribution in [3.63, 3.8) is 0 Å². The van der Waals surface area contributed by atoms with Crippen molar-refractivity contribution < 1.29 is 18.3 Å². The molecule has 2 nitrogen and oxygen atoms in total. The SMILES string of the molecule is CCCCCCCCCOc1ccc(-c2ccc(OC(F)F)cc2)cc1. The highest BCUT2D eigenvalue weighted by Gasteiger charge is 2.05. The minimum Gasteiger partial charge on any atom is -0.494 e. The lowest BCUT2D eigenvalue weighted by Crippen LogP contribution is -2.01. The van der Waals surface area contributed by atoms with Gasteiger partial charge in [-0.25, -0.2) is 0 Å². The van der Waals surface area contributed by atoms with Crippen molar-refractivity contribution >= 4 is 0 Å². The largest absolute Gasteiger partial charge is 0.494 e. The van der Waals surface area contributed by atoms with Gasteiger partial charge >= 0.3 is 6.61 Å². The molecule has 0 aromatic heterocycles. The van der Waals surface area contributed by atoms with Crippen LogP contribution < -0.4 is 9.47 Å². The lowest BCUT2D eigenvalue weighted by atomic mass is 10.1. The normalized spacial score (nSPS) is 10.9. The van der Waals surface area contributed by atoms with Crippen LogP contribution in [-0.4, -0.2) is 13.2 Å². The summed E-state index contributed by atoms with van der Waals surface area (Å²) in [5.41, 5.74) is 1.96. The maximum absolute atomic E-state index is 12.2. The van der Waals surface area contributed by atoms with Crippen molar-refractivity contribution in [3.8, 4) is 22.6 Å². The highest BCUT2D eigenvalue weighted by atomic mass is 19.3. The molecule has 0 radical (unpaired) electrons. The first-order valence-corrected chi connectivity index (χ1v) is 9.47. The van der Waals surface area contributed by atoms with E-state index in [2.05, 4.69) is 11.7 Å². The second kappa shape index (κ2) is 11.5. The number of alkyl halides is 2. The van der Waals surface area contributed by atoms with Gasteiger partial charge in [-0.2, -0.15) is 8.78 Å². The summed E-state index contributed by atoms with van der Waals surface area (Å²) >= 11 is 0. The first-order valence-electron chi connectivity index (χ1n) is 9.47. The van der Waals surface area contributed by atoms with E-state index in [0.29, 0.717) is 0 Å². The van der Waals surface area contributed by atoms with Crippen LogP contribution in [-0.2, 0) is 0 Å². The Hall–Kier alpha value is -2.10. The Bertz CT molecular complexity index is 609. The summed E-state index contributed by atoms with van der Waals surface area (Å²) in [5.74, 6) is 1.02. The number of unbranched alkanes of at least 4 members (excludes halogenated alkanes) is 6. The molecule has 0 aliphatic carbocycles. The van der Waals surface area contributed by atoms with Crippen LogP contribution in [0.25, 0.3) is 11.1 Å². The van der Waals surface area contributed by atoms with Crippen molar-refractivity contribution in [2.75, 3.05) is 6.61 Å². The maximum Gasteiger partial charge on any atom is 0.387 e. The van der Waals surface area contributed by atoms with Gasteiger partial charge in [-0.05, 0) is 41.8 Å². The van der Waals surface area contributed by atoms with Gasteiger partial charge in [0.1, 0.15) is 11.5 Å². The molecule has 0 aliphatic heterocycles. The highest BCUT2D eigenvalue weighted by molar-refractivity contribution is 5.64. The monoisotopic (exact) mass is 362 g/mol. The van der Waals surface area contributed by atoms with E-state index in [9.17, 15) is 8.78 Å². The van der Waals surface area contributed by atoms with Gasteiger partial charge < -0.3 is 9.47 Å². The molecule has 0 bridgehead atoms. The fourth-order valence-electron chi connectivity index (χ4n) is 2.82.